The fourth-order valence-corrected chi connectivity index (χ4v) is 2.18. The number of hydrogen-bond acceptors (Lipinski definition) is 2. The van der Waals surface area contributed by atoms with Crippen molar-refractivity contribution in [1.82, 2.24) is 10.2 Å². The lowest BCUT2D eigenvalue weighted by Crippen LogP contribution is -1.93. The predicted molar refractivity (Wildman–Crippen MR) is 73.7 cm³/mol. The molecule has 0 saturated heterocycles. The molecule has 0 radical (unpaired) electrons. The molecular formula is C15H10F3N3. The van der Waals surface area contributed by atoms with E-state index in [-0.39, 0.29) is 17.1 Å². The fraction of sp³-hybridized carbons (Fsp3) is 0. The van der Waals surface area contributed by atoms with Crippen molar-refractivity contribution in [3.8, 4) is 22.4 Å². The minimum Gasteiger partial charge on any atom is -0.382 e. The zero-order chi connectivity index (χ0) is 15.0. The Morgan fingerprint density at radius 1 is 1.00 bits per heavy atom. The quantitative estimate of drug-likeness (QED) is 0.755. The van der Waals surface area contributed by atoms with E-state index >= 15 is 0 Å². The van der Waals surface area contributed by atoms with Crippen molar-refractivity contribution >= 4 is 5.82 Å². The highest BCUT2D eigenvalue weighted by Crippen LogP contribution is 2.36. The van der Waals surface area contributed by atoms with Gasteiger partial charge in [-0.1, -0.05) is 18.2 Å². The van der Waals surface area contributed by atoms with Crippen LogP contribution in [0.5, 0.6) is 0 Å². The van der Waals surface area contributed by atoms with Crippen LogP contribution in [0.3, 0.4) is 0 Å². The molecule has 0 aliphatic rings. The molecule has 21 heavy (non-hydrogen) atoms. The van der Waals surface area contributed by atoms with Crippen molar-refractivity contribution < 1.29 is 13.2 Å². The van der Waals surface area contributed by atoms with Crippen LogP contribution in [0, 0.1) is 17.5 Å². The van der Waals surface area contributed by atoms with Gasteiger partial charge in [0.2, 0.25) is 0 Å². The maximum absolute atomic E-state index is 13.9. The summed E-state index contributed by atoms with van der Waals surface area (Å²) in [7, 11) is 0. The van der Waals surface area contributed by atoms with Gasteiger partial charge in [0, 0.05) is 5.56 Å². The van der Waals surface area contributed by atoms with Gasteiger partial charge in [0.05, 0.1) is 11.3 Å². The molecule has 1 heterocycles. The molecule has 0 fully saturated rings. The molecule has 0 spiro atoms. The molecule has 3 nitrogen and oxygen atoms in total. The fourth-order valence-electron chi connectivity index (χ4n) is 2.18. The molecule has 106 valence electrons. The molecule has 0 unspecified atom stereocenters. The third-order valence-corrected chi connectivity index (χ3v) is 3.13. The number of rotatable bonds is 2. The summed E-state index contributed by atoms with van der Waals surface area (Å²) in [5.41, 5.74) is 6.72. The van der Waals surface area contributed by atoms with Crippen LogP contribution in [0.1, 0.15) is 0 Å². The van der Waals surface area contributed by atoms with Gasteiger partial charge in [-0.25, -0.2) is 13.2 Å². The van der Waals surface area contributed by atoms with Gasteiger partial charge in [0.25, 0.3) is 0 Å². The van der Waals surface area contributed by atoms with E-state index in [1.54, 1.807) is 6.07 Å². The second-order valence-electron chi connectivity index (χ2n) is 4.47. The average molecular weight is 289 g/mol. The largest absolute Gasteiger partial charge is 0.382 e. The molecule has 0 bridgehead atoms. The van der Waals surface area contributed by atoms with Crippen LogP contribution < -0.4 is 5.73 Å². The summed E-state index contributed by atoms with van der Waals surface area (Å²) >= 11 is 0. The van der Waals surface area contributed by atoms with Crippen molar-refractivity contribution in [2.45, 2.75) is 0 Å². The highest BCUT2D eigenvalue weighted by Gasteiger charge is 2.19. The second kappa shape index (κ2) is 4.97. The summed E-state index contributed by atoms with van der Waals surface area (Å²) in [6.45, 7) is 0. The van der Waals surface area contributed by atoms with Gasteiger partial charge < -0.3 is 5.73 Å². The molecule has 0 aliphatic carbocycles. The van der Waals surface area contributed by atoms with Crippen LogP contribution in [0.15, 0.2) is 42.5 Å². The summed E-state index contributed by atoms with van der Waals surface area (Å²) in [4.78, 5) is 0. The SMILES string of the molecule is Nc1n[nH]c(-c2cccc(F)c2F)c1-c1cccc(F)c1. The lowest BCUT2D eigenvalue weighted by molar-refractivity contribution is 0.511. The minimum atomic E-state index is -1.01. The number of halogens is 3. The summed E-state index contributed by atoms with van der Waals surface area (Å²) < 4.78 is 40.7. The van der Waals surface area contributed by atoms with E-state index in [1.165, 1.54) is 30.3 Å². The van der Waals surface area contributed by atoms with Crippen LogP contribution in [0.4, 0.5) is 19.0 Å². The Morgan fingerprint density at radius 2 is 1.76 bits per heavy atom. The Kier molecular flexibility index (Phi) is 3.13. The molecule has 1 aromatic heterocycles. The first-order valence-electron chi connectivity index (χ1n) is 6.12. The van der Waals surface area contributed by atoms with Gasteiger partial charge in [-0.3, -0.25) is 5.10 Å². The number of anilines is 1. The van der Waals surface area contributed by atoms with E-state index in [9.17, 15) is 13.2 Å². The lowest BCUT2D eigenvalue weighted by atomic mass is 10.0. The zero-order valence-electron chi connectivity index (χ0n) is 10.7. The van der Waals surface area contributed by atoms with E-state index in [4.69, 9.17) is 5.73 Å². The number of hydrogen-bond donors (Lipinski definition) is 2. The Bertz CT molecular complexity index is 812. The maximum atomic E-state index is 13.9. The van der Waals surface area contributed by atoms with Crippen LogP contribution in [0.2, 0.25) is 0 Å². The Morgan fingerprint density at radius 3 is 2.52 bits per heavy atom. The summed E-state index contributed by atoms with van der Waals surface area (Å²) in [5.74, 6) is -2.37. The summed E-state index contributed by atoms with van der Waals surface area (Å²) in [5, 5.41) is 6.38. The first-order chi connectivity index (χ1) is 10.1. The predicted octanol–water partition coefficient (Wildman–Crippen LogP) is 3.74. The van der Waals surface area contributed by atoms with Gasteiger partial charge in [0.15, 0.2) is 17.5 Å². The van der Waals surface area contributed by atoms with Gasteiger partial charge >= 0.3 is 0 Å². The molecule has 0 amide bonds. The van der Waals surface area contributed by atoms with Crippen molar-refractivity contribution in [1.29, 1.82) is 0 Å². The lowest BCUT2D eigenvalue weighted by Gasteiger charge is -2.06. The normalized spacial score (nSPS) is 10.8. The third-order valence-electron chi connectivity index (χ3n) is 3.13. The number of nitrogens with two attached hydrogens (primary N) is 1. The third kappa shape index (κ3) is 2.24. The van der Waals surface area contributed by atoms with Crippen LogP contribution >= 0.6 is 0 Å². The van der Waals surface area contributed by atoms with Gasteiger partial charge in [-0.2, -0.15) is 5.10 Å². The zero-order valence-corrected chi connectivity index (χ0v) is 10.7. The molecular weight excluding hydrogens is 279 g/mol. The van der Waals surface area contributed by atoms with Crippen LogP contribution in [-0.4, -0.2) is 10.2 Å². The molecule has 0 saturated carbocycles. The Hall–Kier alpha value is -2.76. The number of aromatic nitrogens is 2. The molecule has 3 rings (SSSR count). The van der Waals surface area contributed by atoms with Crippen molar-refractivity contribution in [2.24, 2.45) is 0 Å². The molecule has 0 atom stereocenters. The van der Waals surface area contributed by atoms with Crippen molar-refractivity contribution in [2.75, 3.05) is 5.73 Å². The van der Waals surface area contributed by atoms with Gasteiger partial charge in [0.1, 0.15) is 5.82 Å². The minimum absolute atomic E-state index is 0.0153. The number of benzene rings is 2. The van der Waals surface area contributed by atoms with Gasteiger partial charge in [-0.05, 0) is 29.8 Å². The number of H-pyrrole nitrogens is 1. The summed E-state index contributed by atoms with van der Waals surface area (Å²) in [6.07, 6.45) is 0. The Balaban J connectivity index is 2.24. The van der Waals surface area contributed by atoms with E-state index in [0.29, 0.717) is 11.1 Å². The topological polar surface area (TPSA) is 54.7 Å². The monoisotopic (exact) mass is 289 g/mol. The van der Waals surface area contributed by atoms with E-state index in [1.807, 2.05) is 0 Å². The number of nitrogen functional groups attached to an aromatic ring is 1. The second-order valence-corrected chi connectivity index (χ2v) is 4.47. The average Bonchev–Trinajstić information content (AvgIpc) is 2.83. The van der Waals surface area contributed by atoms with Crippen LogP contribution in [0.25, 0.3) is 22.4 Å². The molecule has 3 N–H and O–H groups in total. The van der Waals surface area contributed by atoms with Crippen molar-refractivity contribution in [3.63, 3.8) is 0 Å². The smallest absolute Gasteiger partial charge is 0.168 e. The molecule has 3 aromatic rings. The highest BCUT2D eigenvalue weighted by atomic mass is 19.2. The highest BCUT2D eigenvalue weighted by molar-refractivity contribution is 5.87. The molecule has 6 heteroatoms. The van der Waals surface area contributed by atoms with Crippen molar-refractivity contribution in [3.05, 3.63) is 59.9 Å². The number of aromatic amines is 1. The van der Waals surface area contributed by atoms with E-state index < -0.39 is 17.5 Å². The van der Waals surface area contributed by atoms with Crippen LogP contribution in [-0.2, 0) is 0 Å². The Labute approximate surface area is 118 Å². The van der Waals surface area contributed by atoms with E-state index in [2.05, 4.69) is 10.2 Å². The maximum Gasteiger partial charge on any atom is 0.168 e. The van der Waals surface area contributed by atoms with Gasteiger partial charge in [-0.15, -0.1) is 0 Å². The first kappa shape index (κ1) is 13.2. The summed E-state index contributed by atoms with van der Waals surface area (Å²) in [6, 6.07) is 9.44. The van der Waals surface area contributed by atoms with E-state index in [0.717, 1.165) is 6.07 Å². The first-order valence-corrected chi connectivity index (χ1v) is 6.12. The number of nitrogens with one attached hydrogen (secondary N) is 1. The molecule has 2 aromatic carbocycles. The standard InChI is InChI=1S/C15H10F3N3/c16-9-4-1-3-8(7-9)12-14(20-21-15(12)19)10-5-2-6-11(17)13(10)18/h1-7H,(H3,19,20,21). The number of nitrogens with zero attached hydrogens (tertiary/aromatic N) is 1. The molecule has 0 aliphatic heterocycles.